The number of carboxylic acid groups (broad SMARTS) is 1. The zero-order valence-corrected chi connectivity index (χ0v) is 18.2. The number of benzene rings is 1. The maximum atomic E-state index is 12.9. The van der Waals surface area contributed by atoms with Crippen LogP contribution in [0.4, 0.5) is 4.79 Å². The Hall–Kier alpha value is -2.58. The summed E-state index contributed by atoms with van der Waals surface area (Å²) in [5.41, 5.74) is 1.51. The molecule has 0 bridgehead atoms. The first kappa shape index (κ1) is 21.6. The van der Waals surface area contributed by atoms with E-state index in [2.05, 4.69) is 5.32 Å². The van der Waals surface area contributed by atoms with Crippen molar-refractivity contribution in [2.24, 2.45) is 11.8 Å². The summed E-state index contributed by atoms with van der Waals surface area (Å²) in [6, 6.07) is 6.08. The molecule has 4 rings (SSSR count). The van der Waals surface area contributed by atoms with E-state index in [9.17, 15) is 24.6 Å². The van der Waals surface area contributed by atoms with E-state index < -0.39 is 24.0 Å². The van der Waals surface area contributed by atoms with Crippen LogP contribution in [0.25, 0.3) is 0 Å². The molecule has 31 heavy (non-hydrogen) atoms. The van der Waals surface area contributed by atoms with Crippen LogP contribution < -0.4 is 5.32 Å². The van der Waals surface area contributed by atoms with Gasteiger partial charge in [0, 0.05) is 24.5 Å². The smallest absolute Gasteiger partial charge is 0.352 e. The SMILES string of the molecule is CC(O)[C@H]1C(=O)N2C(C(=O)O)=C3[C@H](CCC[C@@H]3N(C)C(=O)NCc3ccc(Cl)cc3)[C@H]12. The molecule has 3 aliphatic rings. The van der Waals surface area contributed by atoms with E-state index in [0.29, 0.717) is 23.6 Å². The van der Waals surface area contributed by atoms with Gasteiger partial charge in [0.1, 0.15) is 5.70 Å². The third-order valence-corrected chi connectivity index (χ3v) is 6.99. The Balaban J connectivity index is 1.56. The highest BCUT2D eigenvalue weighted by molar-refractivity contribution is 6.30. The quantitative estimate of drug-likeness (QED) is 0.599. The third kappa shape index (κ3) is 3.57. The van der Waals surface area contributed by atoms with Gasteiger partial charge >= 0.3 is 12.0 Å². The van der Waals surface area contributed by atoms with E-state index in [1.165, 1.54) is 9.80 Å². The highest BCUT2D eigenvalue weighted by Crippen LogP contribution is 2.52. The summed E-state index contributed by atoms with van der Waals surface area (Å²) in [5.74, 6) is -2.28. The van der Waals surface area contributed by atoms with Gasteiger partial charge in [0.25, 0.3) is 0 Å². The van der Waals surface area contributed by atoms with Crippen LogP contribution >= 0.6 is 11.6 Å². The normalized spacial score (nSPS) is 27.9. The Labute approximate surface area is 185 Å². The van der Waals surface area contributed by atoms with Crippen LogP contribution in [0.5, 0.6) is 0 Å². The van der Waals surface area contributed by atoms with Crippen molar-refractivity contribution in [1.29, 1.82) is 0 Å². The Bertz CT molecular complexity index is 945. The molecule has 1 saturated heterocycles. The molecule has 1 aromatic rings. The number of halogens is 1. The zero-order valence-electron chi connectivity index (χ0n) is 17.4. The first-order valence-corrected chi connectivity index (χ1v) is 10.8. The summed E-state index contributed by atoms with van der Waals surface area (Å²) in [6.45, 7) is 1.88. The van der Waals surface area contributed by atoms with E-state index in [0.717, 1.165) is 18.4 Å². The summed E-state index contributed by atoms with van der Waals surface area (Å²) in [6.07, 6.45) is 1.33. The molecule has 2 aliphatic heterocycles. The summed E-state index contributed by atoms with van der Waals surface area (Å²) < 4.78 is 0. The fourth-order valence-corrected chi connectivity index (χ4v) is 5.43. The molecule has 2 heterocycles. The summed E-state index contributed by atoms with van der Waals surface area (Å²) in [5, 5.41) is 23.4. The number of carbonyl (C=O) groups excluding carboxylic acids is 2. The van der Waals surface area contributed by atoms with Gasteiger partial charge in [-0.1, -0.05) is 30.2 Å². The number of nitrogens with one attached hydrogen (secondary N) is 1. The number of hydrogen-bond acceptors (Lipinski definition) is 4. The molecule has 5 atom stereocenters. The van der Waals surface area contributed by atoms with Gasteiger partial charge in [0.2, 0.25) is 5.91 Å². The van der Waals surface area contributed by atoms with Gasteiger partial charge < -0.3 is 25.3 Å². The van der Waals surface area contributed by atoms with Gasteiger partial charge in [0.15, 0.2) is 0 Å². The molecule has 0 aromatic heterocycles. The van der Waals surface area contributed by atoms with E-state index in [1.807, 2.05) is 12.1 Å². The number of amides is 3. The average molecular weight is 448 g/mol. The largest absolute Gasteiger partial charge is 0.477 e. The van der Waals surface area contributed by atoms with Gasteiger partial charge in [-0.15, -0.1) is 0 Å². The summed E-state index contributed by atoms with van der Waals surface area (Å²) in [4.78, 5) is 40.4. The Kier molecular flexibility index (Phi) is 5.70. The number of aliphatic hydroxyl groups is 1. The molecule has 8 nitrogen and oxygen atoms in total. The minimum absolute atomic E-state index is 0.0149. The predicted octanol–water partition coefficient (Wildman–Crippen LogP) is 2.21. The average Bonchev–Trinajstić information content (AvgIpc) is 3.03. The molecule has 0 radical (unpaired) electrons. The van der Waals surface area contributed by atoms with Crippen molar-refractivity contribution in [2.45, 2.75) is 50.9 Å². The van der Waals surface area contributed by atoms with E-state index in [-0.39, 0.29) is 29.6 Å². The molecular formula is C22H26ClN3O5. The number of carbonyl (C=O) groups is 3. The number of aliphatic carboxylic acids is 1. The highest BCUT2D eigenvalue weighted by Gasteiger charge is 2.62. The van der Waals surface area contributed by atoms with Crippen LogP contribution in [0, 0.1) is 11.8 Å². The summed E-state index contributed by atoms with van der Waals surface area (Å²) >= 11 is 5.89. The van der Waals surface area contributed by atoms with E-state index >= 15 is 0 Å². The molecule has 1 unspecified atom stereocenters. The van der Waals surface area contributed by atoms with Crippen molar-refractivity contribution in [1.82, 2.24) is 15.1 Å². The van der Waals surface area contributed by atoms with Crippen molar-refractivity contribution in [2.75, 3.05) is 7.05 Å². The molecule has 2 fully saturated rings. The number of likely N-dealkylation sites (N-methyl/N-ethyl adjacent to an activating group) is 1. The fraction of sp³-hybridized carbons (Fsp3) is 0.500. The van der Waals surface area contributed by atoms with Gasteiger partial charge in [-0.2, -0.15) is 0 Å². The lowest BCUT2D eigenvalue weighted by Gasteiger charge is -2.48. The van der Waals surface area contributed by atoms with Crippen LogP contribution in [-0.2, 0) is 16.1 Å². The lowest BCUT2D eigenvalue weighted by molar-refractivity contribution is -0.163. The maximum Gasteiger partial charge on any atom is 0.352 e. The van der Waals surface area contributed by atoms with Crippen molar-refractivity contribution in [3.8, 4) is 0 Å². The number of rotatable bonds is 5. The molecule has 166 valence electrons. The van der Waals surface area contributed by atoms with Crippen LogP contribution in [0.3, 0.4) is 0 Å². The van der Waals surface area contributed by atoms with Crippen molar-refractivity contribution in [3.63, 3.8) is 0 Å². The molecule has 3 N–H and O–H groups in total. The van der Waals surface area contributed by atoms with Crippen LogP contribution in [0.2, 0.25) is 5.02 Å². The van der Waals surface area contributed by atoms with E-state index in [1.54, 1.807) is 26.1 Å². The van der Waals surface area contributed by atoms with Crippen molar-refractivity contribution >= 4 is 29.5 Å². The number of aliphatic hydroxyl groups excluding tert-OH is 1. The van der Waals surface area contributed by atoms with Crippen molar-refractivity contribution < 1.29 is 24.6 Å². The standard InChI is InChI=1S/C22H26ClN3O5/c1-11(27)16-18-14-4-3-5-15(17(14)19(21(29)30)26(18)20(16)28)25(2)22(31)24-10-12-6-8-13(23)9-7-12/h6-9,11,14-16,18,27H,3-5,10H2,1-2H3,(H,24,31)(H,29,30)/t11?,14-,15-,16+,18+/m0/s1. The number of carboxylic acids is 1. The van der Waals surface area contributed by atoms with Crippen molar-refractivity contribution in [3.05, 3.63) is 46.1 Å². The lowest BCUT2D eigenvalue weighted by Crippen LogP contribution is -2.64. The van der Waals surface area contributed by atoms with Gasteiger partial charge in [0.05, 0.1) is 24.1 Å². The van der Waals surface area contributed by atoms with E-state index in [4.69, 9.17) is 11.6 Å². The predicted molar refractivity (Wildman–Crippen MR) is 113 cm³/mol. The highest BCUT2D eigenvalue weighted by atomic mass is 35.5. The molecule has 1 saturated carbocycles. The third-order valence-electron chi connectivity index (χ3n) is 6.73. The Morgan fingerprint density at radius 2 is 1.97 bits per heavy atom. The number of β-lactam (4-membered cyclic amide) rings is 1. The second-order valence-corrected chi connectivity index (χ2v) is 8.96. The minimum Gasteiger partial charge on any atom is -0.477 e. The van der Waals surface area contributed by atoms with Gasteiger partial charge in [-0.3, -0.25) is 4.79 Å². The molecule has 0 spiro atoms. The number of hydrogen-bond donors (Lipinski definition) is 3. The molecular weight excluding hydrogens is 422 g/mol. The monoisotopic (exact) mass is 447 g/mol. The first-order chi connectivity index (χ1) is 14.7. The summed E-state index contributed by atoms with van der Waals surface area (Å²) in [7, 11) is 1.65. The fourth-order valence-electron chi connectivity index (χ4n) is 5.30. The molecule has 3 amide bonds. The second-order valence-electron chi connectivity index (χ2n) is 8.52. The lowest BCUT2D eigenvalue weighted by atomic mass is 9.71. The molecule has 1 aliphatic carbocycles. The molecule has 9 heteroatoms. The number of nitrogens with zero attached hydrogens (tertiary/aromatic N) is 2. The van der Waals surface area contributed by atoms with Crippen LogP contribution in [0.15, 0.2) is 35.5 Å². The maximum absolute atomic E-state index is 12.9. The number of fused-ring (bicyclic) bond motifs is 3. The minimum atomic E-state index is -1.17. The second kappa shape index (κ2) is 8.16. The Morgan fingerprint density at radius 3 is 2.58 bits per heavy atom. The first-order valence-electron chi connectivity index (χ1n) is 10.5. The zero-order chi connectivity index (χ0) is 22.4. The number of urea groups is 1. The van der Waals surface area contributed by atoms with Crippen LogP contribution in [-0.4, -0.2) is 63.2 Å². The topological polar surface area (TPSA) is 110 Å². The van der Waals surface area contributed by atoms with Gasteiger partial charge in [-0.25, -0.2) is 9.59 Å². The van der Waals surface area contributed by atoms with Crippen LogP contribution in [0.1, 0.15) is 31.7 Å². The Morgan fingerprint density at radius 1 is 1.29 bits per heavy atom. The van der Waals surface area contributed by atoms with Gasteiger partial charge in [-0.05, 0) is 43.0 Å². The molecule has 1 aromatic carbocycles.